The number of terminal acetylenes is 1. The van der Waals surface area contributed by atoms with Gasteiger partial charge in [0, 0.05) is 12.0 Å². The smallest absolute Gasteiger partial charge is 0.255 e. The summed E-state index contributed by atoms with van der Waals surface area (Å²) in [5, 5.41) is 3.81. The first-order chi connectivity index (χ1) is 7.19. The van der Waals surface area contributed by atoms with Gasteiger partial charge in [0.1, 0.15) is 5.76 Å². The van der Waals surface area contributed by atoms with Gasteiger partial charge < -0.3 is 9.26 Å². The van der Waals surface area contributed by atoms with E-state index < -0.39 is 0 Å². The third-order valence-corrected chi connectivity index (χ3v) is 2.42. The molecule has 3 nitrogen and oxygen atoms in total. The standard InChI is InChI=1S/C12H17NO2/c1-5-7-14-12-8-11(15-13-12)10(6-2)9(3)4/h1,8-10H,6-7H2,2-4H3/t10-/m1/s1. The van der Waals surface area contributed by atoms with E-state index in [0.717, 1.165) is 12.2 Å². The van der Waals surface area contributed by atoms with E-state index in [0.29, 0.717) is 17.7 Å². The zero-order valence-electron chi connectivity index (χ0n) is 9.49. The van der Waals surface area contributed by atoms with Crippen molar-refractivity contribution in [1.29, 1.82) is 0 Å². The monoisotopic (exact) mass is 207 g/mol. The van der Waals surface area contributed by atoms with Crippen LogP contribution in [-0.2, 0) is 0 Å². The molecule has 1 rings (SSSR count). The Morgan fingerprint density at radius 2 is 2.33 bits per heavy atom. The molecule has 1 aromatic rings. The zero-order chi connectivity index (χ0) is 11.3. The fourth-order valence-electron chi connectivity index (χ4n) is 1.63. The van der Waals surface area contributed by atoms with Gasteiger partial charge in [-0.2, -0.15) is 0 Å². The first-order valence-corrected chi connectivity index (χ1v) is 5.21. The lowest BCUT2D eigenvalue weighted by Gasteiger charge is -2.14. The summed E-state index contributed by atoms with van der Waals surface area (Å²) in [5.74, 6) is 4.66. The minimum absolute atomic E-state index is 0.227. The molecule has 0 aromatic carbocycles. The van der Waals surface area contributed by atoms with Crippen LogP contribution in [-0.4, -0.2) is 11.8 Å². The summed E-state index contributed by atoms with van der Waals surface area (Å²) in [7, 11) is 0. The third-order valence-electron chi connectivity index (χ3n) is 2.42. The Balaban J connectivity index is 2.70. The largest absolute Gasteiger partial charge is 0.462 e. The number of hydrogen-bond donors (Lipinski definition) is 0. The second kappa shape index (κ2) is 5.45. The van der Waals surface area contributed by atoms with E-state index in [1.165, 1.54) is 0 Å². The van der Waals surface area contributed by atoms with Crippen LogP contribution >= 0.6 is 0 Å². The minimum atomic E-state index is 0.227. The van der Waals surface area contributed by atoms with Crippen molar-refractivity contribution in [2.75, 3.05) is 6.61 Å². The lowest BCUT2D eigenvalue weighted by atomic mass is 9.91. The van der Waals surface area contributed by atoms with Crippen molar-refractivity contribution < 1.29 is 9.26 Å². The van der Waals surface area contributed by atoms with Crippen molar-refractivity contribution in [3.63, 3.8) is 0 Å². The van der Waals surface area contributed by atoms with Gasteiger partial charge >= 0.3 is 0 Å². The quantitative estimate of drug-likeness (QED) is 0.696. The van der Waals surface area contributed by atoms with E-state index in [9.17, 15) is 0 Å². The Kier molecular flexibility index (Phi) is 4.23. The van der Waals surface area contributed by atoms with Crippen LogP contribution in [0.25, 0.3) is 0 Å². The molecular formula is C12H17NO2. The molecule has 0 radical (unpaired) electrons. The van der Waals surface area contributed by atoms with E-state index >= 15 is 0 Å². The maximum Gasteiger partial charge on any atom is 0.255 e. The number of hydrogen-bond acceptors (Lipinski definition) is 3. The number of rotatable bonds is 5. The Hall–Kier alpha value is -1.43. The molecule has 1 aromatic heterocycles. The van der Waals surface area contributed by atoms with Gasteiger partial charge in [-0.25, -0.2) is 0 Å². The average Bonchev–Trinajstić information content (AvgIpc) is 2.64. The van der Waals surface area contributed by atoms with Crippen molar-refractivity contribution >= 4 is 0 Å². The Bertz CT molecular complexity index is 336. The van der Waals surface area contributed by atoms with E-state index in [1.54, 1.807) is 0 Å². The van der Waals surface area contributed by atoms with E-state index in [4.69, 9.17) is 15.7 Å². The average molecular weight is 207 g/mol. The van der Waals surface area contributed by atoms with Gasteiger partial charge in [0.25, 0.3) is 5.88 Å². The first-order valence-electron chi connectivity index (χ1n) is 5.21. The molecule has 0 aliphatic heterocycles. The number of nitrogens with zero attached hydrogens (tertiary/aromatic N) is 1. The summed E-state index contributed by atoms with van der Waals surface area (Å²) < 4.78 is 10.4. The summed E-state index contributed by atoms with van der Waals surface area (Å²) in [5.41, 5.74) is 0. The minimum Gasteiger partial charge on any atom is -0.462 e. The summed E-state index contributed by atoms with van der Waals surface area (Å²) in [6.07, 6.45) is 6.11. The normalized spacial score (nSPS) is 12.5. The third kappa shape index (κ3) is 3.02. The fraction of sp³-hybridized carbons (Fsp3) is 0.583. The molecule has 15 heavy (non-hydrogen) atoms. The lowest BCUT2D eigenvalue weighted by Crippen LogP contribution is -2.03. The summed E-state index contributed by atoms with van der Waals surface area (Å²) in [6, 6.07) is 1.82. The molecule has 82 valence electrons. The second-order valence-electron chi connectivity index (χ2n) is 3.82. The Labute approximate surface area is 90.8 Å². The molecule has 3 heteroatoms. The van der Waals surface area contributed by atoms with Gasteiger partial charge in [-0.15, -0.1) is 6.42 Å². The van der Waals surface area contributed by atoms with Gasteiger partial charge in [0.05, 0.1) is 0 Å². The molecule has 0 amide bonds. The highest BCUT2D eigenvalue weighted by molar-refractivity contribution is 5.15. The topological polar surface area (TPSA) is 35.3 Å². The Morgan fingerprint density at radius 3 is 2.87 bits per heavy atom. The van der Waals surface area contributed by atoms with Crippen LogP contribution in [0.1, 0.15) is 38.9 Å². The zero-order valence-corrected chi connectivity index (χ0v) is 9.49. The van der Waals surface area contributed by atoms with Crippen molar-refractivity contribution in [2.24, 2.45) is 5.92 Å². The van der Waals surface area contributed by atoms with Gasteiger partial charge in [0.15, 0.2) is 6.61 Å². The molecule has 0 N–H and O–H groups in total. The van der Waals surface area contributed by atoms with Crippen LogP contribution in [0, 0.1) is 18.3 Å². The van der Waals surface area contributed by atoms with Crippen molar-refractivity contribution in [3.8, 4) is 18.2 Å². The predicted molar refractivity (Wildman–Crippen MR) is 58.7 cm³/mol. The van der Waals surface area contributed by atoms with E-state index in [1.807, 2.05) is 6.07 Å². The van der Waals surface area contributed by atoms with Crippen molar-refractivity contribution in [2.45, 2.75) is 33.1 Å². The highest BCUT2D eigenvalue weighted by Crippen LogP contribution is 2.29. The molecule has 0 saturated carbocycles. The summed E-state index contributed by atoms with van der Waals surface area (Å²) >= 11 is 0. The van der Waals surface area contributed by atoms with E-state index in [2.05, 4.69) is 31.8 Å². The molecule has 0 bridgehead atoms. The SMILES string of the molecule is C#CCOc1cc([C@H](CC)C(C)C)on1. The Morgan fingerprint density at radius 1 is 1.60 bits per heavy atom. The second-order valence-corrected chi connectivity index (χ2v) is 3.82. The molecule has 0 aliphatic rings. The van der Waals surface area contributed by atoms with Crippen LogP contribution in [0.2, 0.25) is 0 Å². The highest BCUT2D eigenvalue weighted by Gasteiger charge is 2.19. The molecular weight excluding hydrogens is 190 g/mol. The molecule has 0 unspecified atom stereocenters. The fourth-order valence-corrected chi connectivity index (χ4v) is 1.63. The summed E-state index contributed by atoms with van der Waals surface area (Å²) in [6.45, 7) is 6.69. The van der Waals surface area contributed by atoms with Gasteiger partial charge in [0.2, 0.25) is 0 Å². The van der Waals surface area contributed by atoms with Gasteiger partial charge in [-0.3, -0.25) is 0 Å². The lowest BCUT2D eigenvalue weighted by molar-refractivity contribution is 0.289. The number of ether oxygens (including phenoxy) is 1. The molecule has 0 spiro atoms. The van der Waals surface area contributed by atoms with Crippen LogP contribution in [0.15, 0.2) is 10.6 Å². The number of aromatic nitrogens is 1. The van der Waals surface area contributed by atoms with Crippen LogP contribution in [0.5, 0.6) is 5.88 Å². The predicted octanol–water partition coefficient (Wildman–Crippen LogP) is 2.84. The van der Waals surface area contributed by atoms with Crippen molar-refractivity contribution in [3.05, 3.63) is 11.8 Å². The molecule has 1 heterocycles. The highest BCUT2D eigenvalue weighted by atomic mass is 16.5. The maximum absolute atomic E-state index is 5.23. The summed E-state index contributed by atoms with van der Waals surface area (Å²) in [4.78, 5) is 0. The van der Waals surface area contributed by atoms with Crippen LogP contribution < -0.4 is 4.74 Å². The molecule has 0 saturated heterocycles. The molecule has 1 atom stereocenters. The van der Waals surface area contributed by atoms with Gasteiger partial charge in [-0.05, 0) is 17.5 Å². The molecule has 0 fully saturated rings. The van der Waals surface area contributed by atoms with Crippen LogP contribution in [0.3, 0.4) is 0 Å². The van der Waals surface area contributed by atoms with Crippen molar-refractivity contribution in [1.82, 2.24) is 5.16 Å². The first kappa shape index (κ1) is 11.6. The van der Waals surface area contributed by atoms with E-state index in [-0.39, 0.29) is 6.61 Å². The molecule has 0 aliphatic carbocycles. The van der Waals surface area contributed by atoms with Gasteiger partial charge in [-0.1, -0.05) is 26.7 Å². The maximum atomic E-state index is 5.23. The van der Waals surface area contributed by atoms with Crippen LogP contribution in [0.4, 0.5) is 0 Å².